The molecule has 12 rings (SSSR count). The van der Waals surface area contributed by atoms with Gasteiger partial charge in [0.2, 0.25) is 6.29 Å². The van der Waals surface area contributed by atoms with Gasteiger partial charge in [-0.1, -0.05) is 60.1 Å². The van der Waals surface area contributed by atoms with Crippen LogP contribution in [0.25, 0.3) is 0 Å². The molecule has 5 aliphatic carbocycles. The molecule has 0 spiro atoms. The number of carbonyl (C=O) groups excluding carboxylic acids is 1. The van der Waals surface area contributed by atoms with E-state index in [1.165, 1.54) is 19.4 Å². The summed E-state index contributed by atoms with van der Waals surface area (Å²) in [5.74, 6) is -0.690. The SMILES string of the molecule is C[C@H]1O[C@H](O[C@H]2[C@H](O)[C@@H](O)[C@H](OC[C@H]3O[C@@H](OC(=O)[C@]45CCC(C)(C)C[C@H]4C4=CC[C@@H]6[C@@]7(C)CC[C@H](O[C@H]8OC[C@@H](O)[C@@H](O)[C@@H]8O[C@H]8O[C@H](C)[C@@H](O)[C@H](O[C@H]9OC[C@@H](O[C@H]%10OC[C@@H](O)[C@@H](O)[C@@H]%10O)[C@@H](O)[C@@H]9O)[C@@H]8O)C(C)(C)[C@@H]7CC[C@@]6(C)[C@]4(C)CC5)[C@H](O)[C@@H](O)[C@@H]3O)O[C@@H]2CO)[C@@H](O)[C@@H](O)[C@@H]1O. The molecular weight excluding hydrogens is 1360 g/mol. The fourth-order valence-corrected chi connectivity index (χ4v) is 19.9. The van der Waals surface area contributed by atoms with E-state index in [-0.39, 0.29) is 47.2 Å². The van der Waals surface area contributed by atoms with Gasteiger partial charge in [0.05, 0.1) is 56.8 Å². The molecule has 7 saturated heterocycles. The molecule has 18 N–H and O–H groups in total. The van der Waals surface area contributed by atoms with Crippen LogP contribution in [0.15, 0.2) is 11.6 Å². The van der Waals surface area contributed by atoms with Crippen LogP contribution in [-0.2, 0) is 71.1 Å². The molecule has 0 amide bonds. The van der Waals surface area contributed by atoms with Crippen molar-refractivity contribution in [3.63, 3.8) is 0 Å². The van der Waals surface area contributed by atoms with E-state index in [1.54, 1.807) is 0 Å². The van der Waals surface area contributed by atoms with Gasteiger partial charge in [0.15, 0.2) is 37.7 Å². The quantitative estimate of drug-likeness (QED) is 0.0393. The van der Waals surface area contributed by atoms with Crippen molar-refractivity contribution in [1.82, 2.24) is 0 Å². The summed E-state index contributed by atoms with van der Waals surface area (Å²) in [5.41, 5.74) is -1.57. The first-order chi connectivity index (χ1) is 47.8. The van der Waals surface area contributed by atoms with Crippen molar-refractivity contribution >= 4 is 5.97 Å². The highest BCUT2D eigenvalue weighted by Crippen LogP contribution is 2.76. The number of allylic oxidation sites excluding steroid dienone is 2. The Kier molecular flexibility index (Phi) is 23.4. The predicted molar refractivity (Wildman–Crippen MR) is 340 cm³/mol. The second-order valence-corrected chi connectivity index (χ2v) is 33.4. The normalized spacial score (nSPS) is 54.8. The number of hydrogen-bond donors (Lipinski definition) is 18. The summed E-state index contributed by atoms with van der Waals surface area (Å²) in [6.45, 7) is 16.1. The Balaban J connectivity index is 0.699. The Hall–Kier alpha value is -2.03. The molecule has 0 aromatic heterocycles. The fraction of sp³-hybridized carbons (Fsp3) is 0.957. The molecule has 0 aromatic carbocycles. The summed E-state index contributed by atoms with van der Waals surface area (Å²) in [6.07, 6.45) is -43.2. The highest BCUT2D eigenvalue weighted by atomic mass is 16.8. The average Bonchev–Trinajstić information content (AvgIpc) is 0.675. The second kappa shape index (κ2) is 30.0. The van der Waals surface area contributed by atoms with Crippen molar-refractivity contribution in [2.75, 3.05) is 33.0 Å². The largest absolute Gasteiger partial charge is 0.432 e. The monoisotopic (exact) mass is 1470 g/mol. The minimum atomic E-state index is -1.92. The first-order valence-electron chi connectivity index (χ1n) is 36.3. The van der Waals surface area contributed by atoms with Gasteiger partial charge in [-0.2, -0.15) is 0 Å². The molecule has 33 nitrogen and oxygen atoms in total. The molecule has 7 aliphatic heterocycles. The van der Waals surface area contributed by atoms with E-state index in [0.29, 0.717) is 44.9 Å². The number of aliphatic hydroxyl groups excluding tert-OH is 18. The van der Waals surface area contributed by atoms with Crippen molar-refractivity contribution in [2.24, 2.45) is 50.2 Å². The number of esters is 1. The molecule has 0 unspecified atom stereocenters. The molecule has 11 fully saturated rings. The van der Waals surface area contributed by atoms with E-state index in [9.17, 15) is 91.9 Å². The van der Waals surface area contributed by atoms with E-state index < -0.39 is 245 Å². The van der Waals surface area contributed by atoms with Crippen LogP contribution in [0.5, 0.6) is 0 Å². The summed E-state index contributed by atoms with van der Waals surface area (Å²) < 4.78 is 83.0. The molecule has 0 radical (unpaired) electrons. The lowest BCUT2D eigenvalue weighted by molar-refractivity contribution is -0.381. The van der Waals surface area contributed by atoms with Gasteiger partial charge in [-0.25, -0.2) is 0 Å². The molecule has 586 valence electrons. The number of carbonyl (C=O) groups is 1. The average molecular weight is 1470 g/mol. The van der Waals surface area contributed by atoms with Gasteiger partial charge in [0.25, 0.3) is 0 Å². The first kappa shape index (κ1) is 79.5. The van der Waals surface area contributed by atoms with Crippen molar-refractivity contribution in [2.45, 2.75) is 329 Å². The molecule has 33 heteroatoms. The van der Waals surface area contributed by atoms with Gasteiger partial charge in [-0.3, -0.25) is 4.79 Å². The van der Waals surface area contributed by atoms with Crippen molar-refractivity contribution < 1.29 is 163 Å². The third kappa shape index (κ3) is 14.0. The Labute approximate surface area is 591 Å². The van der Waals surface area contributed by atoms with Crippen LogP contribution in [0.2, 0.25) is 0 Å². The smallest absolute Gasteiger partial charge is 0.315 e. The van der Waals surface area contributed by atoms with Crippen LogP contribution in [0, 0.1) is 50.2 Å². The maximum Gasteiger partial charge on any atom is 0.315 e. The number of fused-ring (bicyclic) bond motifs is 7. The molecule has 7 heterocycles. The van der Waals surface area contributed by atoms with E-state index in [0.717, 1.165) is 19.3 Å². The molecule has 0 bridgehead atoms. The van der Waals surface area contributed by atoms with Gasteiger partial charge in [0, 0.05) is 0 Å². The zero-order valence-electron chi connectivity index (χ0n) is 59.1. The Morgan fingerprint density at radius 3 is 1.73 bits per heavy atom. The van der Waals surface area contributed by atoms with Crippen LogP contribution in [0.4, 0.5) is 0 Å². The van der Waals surface area contributed by atoms with Crippen molar-refractivity contribution in [3.8, 4) is 0 Å². The lowest BCUT2D eigenvalue weighted by Crippen LogP contribution is -2.66. The highest BCUT2D eigenvalue weighted by Gasteiger charge is 2.71. The lowest BCUT2D eigenvalue weighted by Gasteiger charge is -2.71. The van der Waals surface area contributed by atoms with Crippen molar-refractivity contribution in [3.05, 3.63) is 11.6 Å². The fourth-order valence-electron chi connectivity index (χ4n) is 19.9. The maximum atomic E-state index is 15.4. The summed E-state index contributed by atoms with van der Waals surface area (Å²) in [6, 6.07) is 0. The third-order valence-electron chi connectivity index (χ3n) is 26.5. The Morgan fingerprint density at radius 1 is 0.471 bits per heavy atom. The maximum absolute atomic E-state index is 15.4. The van der Waals surface area contributed by atoms with E-state index >= 15 is 4.79 Å². The first-order valence-corrected chi connectivity index (χ1v) is 36.3. The van der Waals surface area contributed by atoms with Crippen LogP contribution < -0.4 is 0 Å². The molecule has 0 aromatic rings. The van der Waals surface area contributed by atoms with Crippen LogP contribution in [-0.4, -0.2) is 334 Å². The number of ether oxygens (including phenoxy) is 14. The second-order valence-electron chi connectivity index (χ2n) is 33.4. The molecule has 12 aliphatic rings. The summed E-state index contributed by atoms with van der Waals surface area (Å²) in [4.78, 5) is 15.4. The molecule has 4 saturated carbocycles. The van der Waals surface area contributed by atoms with E-state index in [1.807, 2.05) is 0 Å². The zero-order valence-corrected chi connectivity index (χ0v) is 59.1. The van der Waals surface area contributed by atoms with Gasteiger partial charge in [-0.15, -0.1) is 0 Å². The topological polar surface area (TPSA) is 510 Å². The predicted octanol–water partition coefficient (Wildman–Crippen LogP) is -4.59. The molecular formula is C69H112O33. The van der Waals surface area contributed by atoms with Crippen LogP contribution in [0.1, 0.15) is 127 Å². The highest BCUT2D eigenvalue weighted by molar-refractivity contribution is 5.79. The number of hydrogen-bond acceptors (Lipinski definition) is 33. The lowest BCUT2D eigenvalue weighted by atomic mass is 9.33. The molecule has 40 atom stereocenters. The Bertz CT molecular complexity index is 2900. The van der Waals surface area contributed by atoms with Crippen LogP contribution >= 0.6 is 0 Å². The standard InChI is InChI=1S/C69H112O33/c1-26-38(73)44(79)49(84)59(93-26)99-53-32(21-70)95-57(51(86)46(53)81)91-24-33-42(77)45(80)50(85)60(97-33)102-63(88)69-18-16-64(3,4)20-29(69)28-10-11-36-66(7)14-13-37(65(5,6)35(66)12-15-68(36,9)67(28,8)17-19-69)98-62-55(41(76)31(72)23-90-62)101-61-52(87)54(39(74)27(2)94-61)100-58-48(83)43(78)34(25-92-58)96-56-47(82)40(75)30(71)22-89-56/h10,26-27,29-62,70-87H,11-25H2,1-9H3/t26-,27-,29+,30-,31-,32-,33-,34-,35+,36-,37+,38-,39-,40-,41-,42-,43-,44+,45+,46-,47+,48+,49+,50-,51-,52+,53-,54+,55+,56-,57-,58-,59-,60+,61-,62-,66+,67-,68-,69+/m1/s1. The number of aliphatic hydroxyl groups is 18. The summed E-state index contributed by atoms with van der Waals surface area (Å²) >= 11 is 0. The van der Waals surface area contributed by atoms with Crippen LogP contribution in [0.3, 0.4) is 0 Å². The molecule has 102 heavy (non-hydrogen) atoms. The van der Waals surface area contributed by atoms with E-state index in [2.05, 4.69) is 54.5 Å². The summed E-state index contributed by atoms with van der Waals surface area (Å²) in [5, 5.41) is 196. The zero-order chi connectivity index (χ0) is 74.2. The Morgan fingerprint density at radius 2 is 1.03 bits per heavy atom. The van der Waals surface area contributed by atoms with Gasteiger partial charge in [-0.05, 0) is 123 Å². The van der Waals surface area contributed by atoms with Gasteiger partial charge < -0.3 is 158 Å². The minimum absolute atomic E-state index is 0.0808. The summed E-state index contributed by atoms with van der Waals surface area (Å²) in [7, 11) is 0. The van der Waals surface area contributed by atoms with Gasteiger partial charge in [0.1, 0.15) is 140 Å². The van der Waals surface area contributed by atoms with E-state index in [4.69, 9.17) is 66.3 Å². The third-order valence-corrected chi connectivity index (χ3v) is 26.5. The minimum Gasteiger partial charge on any atom is -0.432 e. The number of rotatable bonds is 16. The van der Waals surface area contributed by atoms with Gasteiger partial charge >= 0.3 is 5.97 Å². The van der Waals surface area contributed by atoms with Crippen molar-refractivity contribution in [1.29, 1.82) is 0 Å².